The standard InChI is InChI=1S/C35H47N7O4S2/c1-20(43)39-25-16-23(34(3,4)5)18-27(30(25)47-13-10-36)41-32(45)22-9-12-38-29(15-22)33(46)42-28-19-24(35(6,7)8)17-26(40-21(2)44)31(28)48-14-11-37/h9,12,15-19H,10-11,13-14,36-37H2,1-8H3,(H,39,43)(H,40,44)(H,41,45)(H,42,46). The normalized spacial score (nSPS) is 11.5. The fourth-order valence-electron chi connectivity index (χ4n) is 4.58. The molecule has 11 nitrogen and oxygen atoms in total. The smallest absolute Gasteiger partial charge is 0.274 e. The molecule has 0 spiro atoms. The highest BCUT2D eigenvalue weighted by Gasteiger charge is 2.24. The van der Waals surface area contributed by atoms with Crippen LogP contribution in [0.3, 0.4) is 0 Å². The number of nitrogens with one attached hydrogen (secondary N) is 4. The fourth-order valence-corrected chi connectivity index (χ4v) is 6.29. The first kappa shape index (κ1) is 38.5. The van der Waals surface area contributed by atoms with E-state index in [1.165, 1.54) is 55.7 Å². The Kier molecular flexibility index (Phi) is 13.2. The molecule has 0 fully saturated rings. The fraction of sp³-hybridized carbons (Fsp3) is 0.400. The van der Waals surface area contributed by atoms with Crippen molar-refractivity contribution < 1.29 is 19.2 Å². The number of thioether (sulfide) groups is 2. The van der Waals surface area contributed by atoms with Crippen LogP contribution in [0.25, 0.3) is 0 Å². The summed E-state index contributed by atoms with van der Waals surface area (Å²) in [5.41, 5.74) is 15.2. The second-order valence-corrected chi connectivity index (χ2v) is 15.5. The molecule has 0 aliphatic carbocycles. The quantitative estimate of drug-likeness (QED) is 0.120. The number of hydrogen-bond acceptors (Lipinski definition) is 9. The van der Waals surface area contributed by atoms with Crippen LogP contribution in [0, 0.1) is 0 Å². The van der Waals surface area contributed by atoms with Gasteiger partial charge < -0.3 is 32.7 Å². The molecule has 258 valence electrons. The highest BCUT2D eigenvalue weighted by molar-refractivity contribution is 7.99. The van der Waals surface area contributed by atoms with E-state index in [1.54, 1.807) is 0 Å². The molecule has 1 aromatic heterocycles. The van der Waals surface area contributed by atoms with Crippen LogP contribution in [0.5, 0.6) is 0 Å². The Morgan fingerprint density at radius 1 is 0.646 bits per heavy atom. The van der Waals surface area contributed by atoms with Crippen molar-refractivity contribution in [1.82, 2.24) is 4.98 Å². The van der Waals surface area contributed by atoms with Crippen molar-refractivity contribution in [2.24, 2.45) is 11.5 Å². The van der Waals surface area contributed by atoms with Gasteiger partial charge in [0.1, 0.15) is 5.69 Å². The third-order valence-electron chi connectivity index (χ3n) is 7.01. The number of amides is 4. The molecule has 0 bridgehead atoms. The average Bonchev–Trinajstić information content (AvgIpc) is 2.98. The molecule has 0 saturated carbocycles. The molecule has 0 saturated heterocycles. The van der Waals surface area contributed by atoms with E-state index in [2.05, 4.69) is 26.3 Å². The second kappa shape index (κ2) is 16.5. The zero-order valence-electron chi connectivity index (χ0n) is 28.9. The summed E-state index contributed by atoms with van der Waals surface area (Å²) in [6.07, 6.45) is 1.40. The number of anilines is 4. The molecule has 1 heterocycles. The lowest BCUT2D eigenvalue weighted by Gasteiger charge is -2.24. The summed E-state index contributed by atoms with van der Waals surface area (Å²) in [7, 11) is 0. The Bertz CT molecular complexity index is 1560. The van der Waals surface area contributed by atoms with Crippen molar-refractivity contribution in [1.29, 1.82) is 0 Å². The summed E-state index contributed by atoms with van der Waals surface area (Å²) in [5, 5.41) is 11.7. The van der Waals surface area contributed by atoms with E-state index < -0.39 is 11.8 Å². The number of nitrogens with two attached hydrogens (primary N) is 2. The molecular weight excluding hydrogens is 647 g/mol. The van der Waals surface area contributed by atoms with Crippen molar-refractivity contribution in [3.05, 3.63) is 65.0 Å². The molecule has 0 aliphatic heterocycles. The first-order chi connectivity index (χ1) is 22.4. The second-order valence-electron chi connectivity index (χ2n) is 13.3. The highest BCUT2D eigenvalue weighted by atomic mass is 32.2. The first-order valence-corrected chi connectivity index (χ1v) is 17.6. The van der Waals surface area contributed by atoms with E-state index in [-0.39, 0.29) is 33.9 Å². The molecule has 0 unspecified atom stereocenters. The van der Waals surface area contributed by atoms with Gasteiger partial charge in [0.05, 0.1) is 32.5 Å². The number of carbonyl (C=O) groups excluding carboxylic acids is 4. The minimum absolute atomic E-state index is 0.0276. The number of aromatic nitrogens is 1. The summed E-state index contributed by atoms with van der Waals surface area (Å²) in [6, 6.07) is 10.6. The third-order valence-corrected chi connectivity index (χ3v) is 9.35. The predicted octanol–water partition coefficient (Wildman–Crippen LogP) is 6.20. The maximum Gasteiger partial charge on any atom is 0.274 e. The Morgan fingerprint density at radius 2 is 1.04 bits per heavy atom. The monoisotopic (exact) mass is 693 g/mol. The van der Waals surface area contributed by atoms with Crippen LogP contribution in [-0.4, -0.2) is 53.2 Å². The first-order valence-electron chi connectivity index (χ1n) is 15.6. The highest BCUT2D eigenvalue weighted by Crippen LogP contribution is 2.41. The van der Waals surface area contributed by atoms with Crippen LogP contribution in [-0.2, 0) is 20.4 Å². The lowest BCUT2D eigenvalue weighted by molar-refractivity contribution is -0.115. The van der Waals surface area contributed by atoms with Crippen LogP contribution in [0.4, 0.5) is 22.7 Å². The Balaban J connectivity index is 2.02. The molecule has 3 aromatic rings. The van der Waals surface area contributed by atoms with Gasteiger partial charge in [0.15, 0.2) is 0 Å². The van der Waals surface area contributed by atoms with Gasteiger partial charge in [-0.25, -0.2) is 0 Å². The predicted molar refractivity (Wildman–Crippen MR) is 199 cm³/mol. The van der Waals surface area contributed by atoms with Crippen molar-refractivity contribution in [2.45, 2.75) is 76.0 Å². The SMILES string of the molecule is CC(=O)Nc1cc(C(C)(C)C)cc(NC(=O)c2ccnc(C(=O)Nc3cc(C(C)(C)C)cc(NC(C)=O)c3SCCN)c2)c1SCCN. The van der Waals surface area contributed by atoms with Gasteiger partial charge in [0.2, 0.25) is 11.8 Å². The molecule has 0 radical (unpaired) electrons. The van der Waals surface area contributed by atoms with Crippen molar-refractivity contribution in [3.63, 3.8) is 0 Å². The van der Waals surface area contributed by atoms with Gasteiger partial charge in [0, 0.05) is 50.2 Å². The number of hydrogen-bond donors (Lipinski definition) is 6. The van der Waals surface area contributed by atoms with Gasteiger partial charge in [0.25, 0.3) is 11.8 Å². The largest absolute Gasteiger partial charge is 0.330 e. The van der Waals surface area contributed by atoms with Crippen molar-refractivity contribution >= 4 is 69.9 Å². The Morgan fingerprint density at radius 3 is 1.42 bits per heavy atom. The number of pyridine rings is 1. The van der Waals surface area contributed by atoms with E-state index >= 15 is 0 Å². The lowest BCUT2D eigenvalue weighted by Crippen LogP contribution is -2.20. The van der Waals surface area contributed by atoms with Crippen LogP contribution in [0.2, 0.25) is 0 Å². The van der Waals surface area contributed by atoms with Crippen LogP contribution >= 0.6 is 23.5 Å². The molecule has 3 rings (SSSR count). The number of rotatable bonds is 12. The number of carbonyl (C=O) groups is 4. The van der Waals surface area contributed by atoms with E-state index in [0.29, 0.717) is 57.1 Å². The maximum atomic E-state index is 13.7. The van der Waals surface area contributed by atoms with Gasteiger partial charge in [-0.3, -0.25) is 24.2 Å². The average molecular weight is 694 g/mol. The summed E-state index contributed by atoms with van der Waals surface area (Å²) < 4.78 is 0. The van der Waals surface area contributed by atoms with Crippen molar-refractivity contribution in [3.8, 4) is 0 Å². The van der Waals surface area contributed by atoms with E-state index in [4.69, 9.17) is 11.5 Å². The van der Waals surface area contributed by atoms with Gasteiger partial charge in [-0.2, -0.15) is 0 Å². The number of nitrogens with zero attached hydrogens (tertiary/aromatic N) is 1. The zero-order valence-corrected chi connectivity index (χ0v) is 30.6. The van der Waals surface area contributed by atoms with E-state index in [0.717, 1.165) is 11.1 Å². The molecule has 48 heavy (non-hydrogen) atoms. The maximum absolute atomic E-state index is 13.7. The molecular formula is C35H47N7O4S2. The molecule has 4 amide bonds. The summed E-state index contributed by atoms with van der Waals surface area (Å²) in [4.78, 5) is 57.1. The number of benzene rings is 2. The van der Waals surface area contributed by atoms with Gasteiger partial charge >= 0.3 is 0 Å². The summed E-state index contributed by atoms with van der Waals surface area (Å²) in [5.74, 6) is -0.335. The summed E-state index contributed by atoms with van der Waals surface area (Å²) in [6.45, 7) is 15.9. The minimum atomic E-state index is -0.527. The third kappa shape index (κ3) is 10.5. The van der Waals surface area contributed by atoms with E-state index in [1.807, 2.05) is 65.8 Å². The van der Waals surface area contributed by atoms with Gasteiger partial charge in [-0.15, -0.1) is 23.5 Å². The van der Waals surface area contributed by atoms with Crippen LogP contribution in [0.15, 0.2) is 52.4 Å². The topological polar surface area (TPSA) is 181 Å². The van der Waals surface area contributed by atoms with Crippen LogP contribution < -0.4 is 32.7 Å². The molecule has 8 N–H and O–H groups in total. The van der Waals surface area contributed by atoms with Crippen molar-refractivity contribution in [2.75, 3.05) is 45.9 Å². The Hall–Kier alpha value is -3.91. The molecule has 0 aliphatic rings. The van der Waals surface area contributed by atoms with Gasteiger partial charge in [-0.1, -0.05) is 41.5 Å². The molecule has 13 heteroatoms. The molecule has 0 atom stereocenters. The van der Waals surface area contributed by atoms with Crippen LogP contribution in [0.1, 0.15) is 87.4 Å². The minimum Gasteiger partial charge on any atom is -0.330 e. The Labute approximate surface area is 291 Å². The van der Waals surface area contributed by atoms with Gasteiger partial charge in [-0.05, 0) is 58.4 Å². The molecule has 2 aromatic carbocycles. The zero-order chi connectivity index (χ0) is 35.8. The van der Waals surface area contributed by atoms with E-state index in [9.17, 15) is 19.2 Å². The lowest BCUT2D eigenvalue weighted by atomic mass is 9.86. The summed E-state index contributed by atoms with van der Waals surface area (Å²) >= 11 is 2.85.